The lowest BCUT2D eigenvalue weighted by Crippen LogP contribution is -2.42. The van der Waals surface area contributed by atoms with Gasteiger partial charge in [-0.2, -0.15) is 14.8 Å². The van der Waals surface area contributed by atoms with Gasteiger partial charge in [-0.3, -0.25) is 4.79 Å². The number of carbonyl (C=O) groups excluding carboxylic acids is 1. The van der Waals surface area contributed by atoms with Crippen LogP contribution in [0.5, 0.6) is 11.5 Å². The zero-order valence-electron chi connectivity index (χ0n) is 22.8. The first-order valence-corrected chi connectivity index (χ1v) is 13.1. The standard InChI is InChI=1S/C29H27F3N8O2/c1-29(2,35)12-16(13-33)28(41)39-10-4-5-17(14-39)40-27-23(26(34)36-15-37-27)25(38-40)19-9-8-18(11-21(19)31)42-22-7-3-6-20(30)24(22)32/h3,6-9,11-12,15,17H,4-5,10,14,35H2,1-2H3,(H2,34,36,37)/b16-12-/t17-/m1/s1. The number of nitriles is 1. The van der Waals surface area contributed by atoms with Crippen molar-refractivity contribution in [2.75, 3.05) is 18.8 Å². The number of nitrogens with zero attached hydrogens (tertiary/aromatic N) is 6. The van der Waals surface area contributed by atoms with E-state index in [0.717, 1.165) is 12.1 Å². The Balaban J connectivity index is 1.49. The fourth-order valence-corrected chi connectivity index (χ4v) is 4.90. The van der Waals surface area contributed by atoms with Crippen molar-refractivity contribution < 1.29 is 22.7 Å². The van der Waals surface area contributed by atoms with E-state index in [1.54, 1.807) is 23.4 Å². The lowest BCUT2D eigenvalue weighted by atomic mass is 10.0. The summed E-state index contributed by atoms with van der Waals surface area (Å²) in [5.41, 5.74) is 11.8. The fourth-order valence-electron chi connectivity index (χ4n) is 4.90. The molecule has 0 spiro atoms. The quantitative estimate of drug-likeness (QED) is 0.249. The zero-order chi connectivity index (χ0) is 30.2. The molecule has 0 saturated carbocycles. The molecule has 216 valence electrons. The van der Waals surface area contributed by atoms with Crippen molar-refractivity contribution in [1.82, 2.24) is 24.6 Å². The van der Waals surface area contributed by atoms with E-state index in [0.29, 0.717) is 30.4 Å². The number of hydrogen-bond acceptors (Lipinski definition) is 8. The molecular formula is C29H27F3N8O2. The number of aromatic nitrogens is 4. The summed E-state index contributed by atoms with van der Waals surface area (Å²) < 4.78 is 50.1. The van der Waals surface area contributed by atoms with E-state index in [2.05, 4.69) is 15.1 Å². The molecule has 1 fully saturated rings. The van der Waals surface area contributed by atoms with Gasteiger partial charge in [0.15, 0.2) is 17.2 Å². The number of fused-ring (bicyclic) bond motifs is 1. The molecule has 2 aromatic carbocycles. The Bertz CT molecular complexity index is 1760. The van der Waals surface area contributed by atoms with Crippen LogP contribution in [0.2, 0.25) is 0 Å². The van der Waals surface area contributed by atoms with Gasteiger partial charge in [0.25, 0.3) is 5.91 Å². The minimum Gasteiger partial charge on any atom is -0.454 e. The van der Waals surface area contributed by atoms with Crippen LogP contribution in [0.1, 0.15) is 32.7 Å². The van der Waals surface area contributed by atoms with Gasteiger partial charge in [0.2, 0.25) is 5.82 Å². The van der Waals surface area contributed by atoms with E-state index >= 15 is 4.39 Å². The molecule has 3 heterocycles. The Hall–Kier alpha value is -4.96. The Morgan fingerprint density at radius 2 is 1.98 bits per heavy atom. The molecule has 5 rings (SSSR count). The topological polar surface area (TPSA) is 149 Å². The molecule has 0 aliphatic carbocycles. The van der Waals surface area contributed by atoms with Gasteiger partial charge in [0, 0.05) is 30.3 Å². The predicted octanol–water partition coefficient (Wildman–Crippen LogP) is 4.64. The number of nitrogens with two attached hydrogens (primary N) is 2. The van der Waals surface area contributed by atoms with Gasteiger partial charge in [-0.1, -0.05) is 6.07 Å². The summed E-state index contributed by atoms with van der Waals surface area (Å²) in [5, 5.41) is 14.6. The summed E-state index contributed by atoms with van der Waals surface area (Å²) in [7, 11) is 0. The van der Waals surface area contributed by atoms with Crippen LogP contribution < -0.4 is 16.2 Å². The van der Waals surface area contributed by atoms with Crippen molar-refractivity contribution in [3.05, 3.63) is 71.8 Å². The van der Waals surface area contributed by atoms with E-state index in [-0.39, 0.29) is 41.0 Å². The van der Waals surface area contributed by atoms with Gasteiger partial charge in [0.05, 0.1) is 11.4 Å². The molecule has 0 bridgehead atoms. The van der Waals surface area contributed by atoms with Crippen LogP contribution in [0.4, 0.5) is 19.0 Å². The van der Waals surface area contributed by atoms with Crippen molar-refractivity contribution >= 4 is 22.8 Å². The molecule has 1 saturated heterocycles. The molecule has 4 N–H and O–H groups in total. The number of carbonyl (C=O) groups is 1. The summed E-state index contributed by atoms with van der Waals surface area (Å²) in [5.74, 6) is -3.86. The number of halogens is 3. The normalized spacial score (nSPS) is 16.0. The van der Waals surface area contributed by atoms with Gasteiger partial charge in [-0.15, -0.1) is 0 Å². The molecule has 10 nitrogen and oxygen atoms in total. The fraction of sp³-hybridized carbons (Fsp3) is 0.276. The minimum absolute atomic E-state index is 0.0518. The van der Waals surface area contributed by atoms with Crippen LogP contribution in [0.3, 0.4) is 0 Å². The number of anilines is 1. The molecule has 1 atom stereocenters. The summed E-state index contributed by atoms with van der Waals surface area (Å²) in [6.45, 7) is 4.04. The molecule has 2 aromatic heterocycles. The summed E-state index contributed by atoms with van der Waals surface area (Å²) >= 11 is 0. The molecule has 4 aromatic rings. The second kappa shape index (κ2) is 11.1. The maximum atomic E-state index is 15.5. The van der Waals surface area contributed by atoms with Gasteiger partial charge in [-0.05, 0) is 57.0 Å². The molecule has 1 aliphatic rings. The minimum atomic E-state index is -1.19. The molecule has 13 heteroatoms. The molecule has 0 unspecified atom stereocenters. The number of amides is 1. The Morgan fingerprint density at radius 1 is 1.19 bits per heavy atom. The van der Waals surface area contributed by atoms with Crippen molar-refractivity contribution in [3.63, 3.8) is 0 Å². The first-order valence-electron chi connectivity index (χ1n) is 13.1. The average Bonchev–Trinajstić information content (AvgIpc) is 3.34. The number of hydrogen-bond donors (Lipinski definition) is 2. The third-order valence-corrected chi connectivity index (χ3v) is 6.75. The van der Waals surface area contributed by atoms with E-state index in [4.69, 9.17) is 16.2 Å². The van der Waals surface area contributed by atoms with Crippen molar-refractivity contribution in [3.8, 4) is 28.8 Å². The number of nitrogen functional groups attached to an aromatic ring is 1. The lowest BCUT2D eigenvalue weighted by Gasteiger charge is -2.33. The van der Waals surface area contributed by atoms with Gasteiger partial charge >= 0.3 is 0 Å². The third kappa shape index (κ3) is 5.61. The van der Waals surface area contributed by atoms with Crippen LogP contribution in [-0.4, -0.2) is 49.2 Å². The molecule has 42 heavy (non-hydrogen) atoms. The highest BCUT2D eigenvalue weighted by Gasteiger charge is 2.31. The molecule has 1 aliphatic heterocycles. The summed E-state index contributed by atoms with van der Waals surface area (Å²) in [6.07, 6.45) is 3.96. The second-order valence-corrected chi connectivity index (χ2v) is 10.6. The van der Waals surface area contributed by atoms with Crippen LogP contribution >= 0.6 is 0 Å². The zero-order valence-corrected chi connectivity index (χ0v) is 22.8. The molecule has 0 radical (unpaired) electrons. The molecular weight excluding hydrogens is 549 g/mol. The van der Waals surface area contributed by atoms with Crippen LogP contribution in [-0.2, 0) is 4.79 Å². The Morgan fingerprint density at radius 3 is 2.69 bits per heavy atom. The summed E-state index contributed by atoms with van der Waals surface area (Å²) in [4.78, 5) is 23.1. The van der Waals surface area contributed by atoms with E-state index in [9.17, 15) is 18.8 Å². The third-order valence-electron chi connectivity index (χ3n) is 6.75. The number of benzene rings is 2. The second-order valence-electron chi connectivity index (χ2n) is 10.6. The largest absolute Gasteiger partial charge is 0.454 e. The van der Waals surface area contributed by atoms with Crippen molar-refractivity contribution in [2.45, 2.75) is 38.3 Å². The van der Waals surface area contributed by atoms with E-state index in [1.807, 2.05) is 6.07 Å². The Labute approximate surface area is 239 Å². The maximum absolute atomic E-state index is 15.5. The number of likely N-dealkylation sites (tertiary alicyclic amines) is 1. The van der Waals surface area contributed by atoms with Gasteiger partial charge in [-0.25, -0.2) is 23.4 Å². The first-order chi connectivity index (χ1) is 20.0. The predicted molar refractivity (Wildman–Crippen MR) is 148 cm³/mol. The highest BCUT2D eigenvalue weighted by atomic mass is 19.2. The number of piperidine rings is 1. The average molecular weight is 577 g/mol. The van der Waals surface area contributed by atoms with Gasteiger partial charge < -0.3 is 21.1 Å². The van der Waals surface area contributed by atoms with Crippen molar-refractivity contribution in [2.24, 2.45) is 5.73 Å². The monoisotopic (exact) mass is 576 g/mol. The smallest absolute Gasteiger partial charge is 0.264 e. The van der Waals surface area contributed by atoms with Crippen molar-refractivity contribution in [1.29, 1.82) is 5.26 Å². The van der Waals surface area contributed by atoms with E-state index in [1.165, 1.54) is 36.7 Å². The highest BCUT2D eigenvalue weighted by molar-refractivity contribution is 5.99. The summed E-state index contributed by atoms with van der Waals surface area (Å²) in [6, 6.07) is 8.83. The lowest BCUT2D eigenvalue weighted by molar-refractivity contribution is -0.128. The van der Waals surface area contributed by atoms with Crippen LogP contribution in [0.15, 0.2) is 54.4 Å². The SMILES string of the molecule is CC(C)(N)/C=C(/C#N)C(=O)N1CCC[C@@H](n2nc(-c3ccc(Oc4cccc(F)c4F)cc3F)c3c(N)ncnc32)C1. The Kier molecular flexibility index (Phi) is 7.57. The number of ether oxygens (including phenoxy) is 1. The number of rotatable bonds is 6. The van der Waals surface area contributed by atoms with E-state index < -0.39 is 34.6 Å². The van der Waals surface area contributed by atoms with Gasteiger partial charge in [0.1, 0.15) is 41.0 Å². The molecule has 1 amide bonds. The van der Waals surface area contributed by atoms with Crippen LogP contribution in [0, 0.1) is 28.8 Å². The maximum Gasteiger partial charge on any atom is 0.264 e. The van der Waals surface area contributed by atoms with Crippen LogP contribution in [0.25, 0.3) is 22.3 Å². The first kappa shape index (κ1) is 28.6. The highest BCUT2D eigenvalue weighted by Crippen LogP contribution is 2.37.